The molecule has 1 nitrogen and oxygen atoms in total. The normalized spacial score (nSPS) is 21.2. The van der Waals surface area contributed by atoms with Crippen LogP contribution in [0.2, 0.25) is 0 Å². The van der Waals surface area contributed by atoms with E-state index in [1.165, 1.54) is 45.1 Å². The van der Waals surface area contributed by atoms with E-state index in [2.05, 4.69) is 26.2 Å². The Bertz CT molecular complexity index is 132. The fourth-order valence-electron chi connectivity index (χ4n) is 3.32. The van der Waals surface area contributed by atoms with E-state index in [9.17, 15) is 0 Å². The van der Waals surface area contributed by atoms with Crippen molar-refractivity contribution in [3.8, 4) is 0 Å². The van der Waals surface area contributed by atoms with Gasteiger partial charge < -0.3 is 5.32 Å². The second kappa shape index (κ2) is 4.99. The molecule has 0 heterocycles. The van der Waals surface area contributed by atoms with Gasteiger partial charge in [0, 0.05) is 6.54 Å². The maximum absolute atomic E-state index is 3.40. The minimum atomic E-state index is 0.651. The molecule has 1 heteroatoms. The van der Waals surface area contributed by atoms with Crippen LogP contribution in [-0.4, -0.2) is 13.6 Å². The monoisotopic (exact) mass is 183 g/mol. The largest absolute Gasteiger partial charge is 0.319 e. The van der Waals surface area contributed by atoms with Crippen molar-refractivity contribution in [2.75, 3.05) is 13.6 Å². The summed E-state index contributed by atoms with van der Waals surface area (Å²) < 4.78 is 0. The quantitative estimate of drug-likeness (QED) is 0.690. The third-order valence-electron chi connectivity index (χ3n) is 3.98. The van der Waals surface area contributed by atoms with Gasteiger partial charge in [-0.15, -0.1) is 0 Å². The summed E-state index contributed by atoms with van der Waals surface area (Å²) in [5, 5.41) is 3.40. The zero-order valence-corrected chi connectivity index (χ0v) is 9.53. The van der Waals surface area contributed by atoms with Crippen LogP contribution < -0.4 is 5.32 Å². The third-order valence-corrected chi connectivity index (χ3v) is 3.98. The predicted octanol–water partition coefficient (Wildman–Crippen LogP) is 3.20. The van der Waals surface area contributed by atoms with Crippen LogP contribution in [0.4, 0.5) is 0 Å². The fourth-order valence-corrected chi connectivity index (χ4v) is 3.32. The van der Waals surface area contributed by atoms with E-state index in [0.717, 1.165) is 5.92 Å². The summed E-state index contributed by atoms with van der Waals surface area (Å²) in [7, 11) is 2.10. The molecule has 1 N–H and O–H groups in total. The molecule has 0 aromatic rings. The lowest BCUT2D eigenvalue weighted by Gasteiger charge is -2.36. The molecule has 0 amide bonds. The Morgan fingerprint density at radius 2 is 1.69 bits per heavy atom. The van der Waals surface area contributed by atoms with Crippen molar-refractivity contribution >= 4 is 0 Å². The molecular weight excluding hydrogens is 158 g/mol. The number of nitrogens with one attached hydrogen (secondary N) is 1. The lowest BCUT2D eigenvalue weighted by atomic mass is 9.71. The first kappa shape index (κ1) is 11.0. The first-order chi connectivity index (χ1) is 6.29. The maximum Gasteiger partial charge on any atom is 0.000746 e. The molecule has 1 saturated carbocycles. The van der Waals surface area contributed by atoms with Crippen molar-refractivity contribution in [2.45, 2.75) is 52.4 Å². The second-order valence-electron chi connectivity index (χ2n) is 4.61. The molecule has 0 radical (unpaired) electrons. The SMILES string of the molecule is CCC(CC)C1(CNC)CCCC1. The summed E-state index contributed by atoms with van der Waals surface area (Å²) >= 11 is 0. The van der Waals surface area contributed by atoms with Crippen molar-refractivity contribution in [2.24, 2.45) is 11.3 Å². The topological polar surface area (TPSA) is 12.0 Å². The molecule has 0 spiro atoms. The Balaban J connectivity index is 2.63. The molecular formula is C12H25N. The Labute approximate surface area is 83.3 Å². The Morgan fingerprint density at radius 1 is 1.15 bits per heavy atom. The summed E-state index contributed by atoms with van der Waals surface area (Å²) in [6, 6.07) is 0. The minimum Gasteiger partial charge on any atom is -0.319 e. The molecule has 0 unspecified atom stereocenters. The van der Waals surface area contributed by atoms with E-state index in [0.29, 0.717) is 5.41 Å². The minimum absolute atomic E-state index is 0.651. The summed E-state index contributed by atoms with van der Waals surface area (Å²) in [4.78, 5) is 0. The molecule has 1 fully saturated rings. The van der Waals surface area contributed by atoms with Crippen LogP contribution >= 0.6 is 0 Å². The van der Waals surface area contributed by atoms with Crippen LogP contribution in [0, 0.1) is 11.3 Å². The van der Waals surface area contributed by atoms with Gasteiger partial charge in [-0.2, -0.15) is 0 Å². The Morgan fingerprint density at radius 3 is 2.08 bits per heavy atom. The van der Waals surface area contributed by atoms with Crippen molar-refractivity contribution in [1.29, 1.82) is 0 Å². The van der Waals surface area contributed by atoms with Gasteiger partial charge >= 0.3 is 0 Å². The summed E-state index contributed by atoms with van der Waals surface area (Å²) in [5.41, 5.74) is 0.651. The smallest absolute Gasteiger partial charge is 0.000746 e. The van der Waals surface area contributed by atoms with E-state index >= 15 is 0 Å². The highest BCUT2D eigenvalue weighted by molar-refractivity contribution is 4.91. The molecule has 0 aromatic carbocycles. The van der Waals surface area contributed by atoms with Gasteiger partial charge in [-0.05, 0) is 31.2 Å². The van der Waals surface area contributed by atoms with E-state index in [-0.39, 0.29) is 0 Å². The highest BCUT2D eigenvalue weighted by Crippen LogP contribution is 2.46. The van der Waals surface area contributed by atoms with E-state index in [1.54, 1.807) is 0 Å². The van der Waals surface area contributed by atoms with Crippen LogP contribution in [0.1, 0.15) is 52.4 Å². The van der Waals surface area contributed by atoms with Gasteiger partial charge in [0.1, 0.15) is 0 Å². The summed E-state index contributed by atoms with van der Waals surface area (Å²) in [6.07, 6.45) is 8.55. The van der Waals surface area contributed by atoms with Gasteiger partial charge in [-0.25, -0.2) is 0 Å². The van der Waals surface area contributed by atoms with Crippen LogP contribution in [-0.2, 0) is 0 Å². The Hall–Kier alpha value is -0.0400. The van der Waals surface area contributed by atoms with Gasteiger partial charge in [0.25, 0.3) is 0 Å². The highest BCUT2D eigenvalue weighted by atomic mass is 14.8. The molecule has 0 bridgehead atoms. The van der Waals surface area contributed by atoms with Crippen molar-refractivity contribution in [3.63, 3.8) is 0 Å². The van der Waals surface area contributed by atoms with Gasteiger partial charge in [-0.3, -0.25) is 0 Å². The zero-order chi connectivity index (χ0) is 9.73. The van der Waals surface area contributed by atoms with Gasteiger partial charge in [-0.1, -0.05) is 39.5 Å². The summed E-state index contributed by atoms with van der Waals surface area (Å²) in [5.74, 6) is 0.947. The van der Waals surface area contributed by atoms with Crippen LogP contribution in [0.25, 0.3) is 0 Å². The second-order valence-corrected chi connectivity index (χ2v) is 4.61. The van der Waals surface area contributed by atoms with E-state index in [1.807, 2.05) is 0 Å². The molecule has 0 atom stereocenters. The molecule has 1 rings (SSSR count). The zero-order valence-electron chi connectivity index (χ0n) is 9.53. The maximum atomic E-state index is 3.40. The Kier molecular flexibility index (Phi) is 4.24. The van der Waals surface area contributed by atoms with Crippen LogP contribution in [0.5, 0.6) is 0 Å². The molecule has 0 saturated heterocycles. The molecule has 78 valence electrons. The summed E-state index contributed by atoms with van der Waals surface area (Å²) in [6.45, 7) is 5.94. The average molecular weight is 183 g/mol. The number of hydrogen-bond donors (Lipinski definition) is 1. The first-order valence-corrected chi connectivity index (χ1v) is 5.93. The molecule has 13 heavy (non-hydrogen) atoms. The van der Waals surface area contributed by atoms with E-state index < -0.39 is 0 Å². The number of rotatable bonds is 5. The lowest BCUT2D eigenvalue weighted by molar-refractivity contribution is 0.153. The van der Waals surface area contributed by atoms with Crippen molar-refractivity contribution in [1.82, 2.24) is 5.32 Å². The van der Waals surface area contributed by atoms with Gasteiger partial charge in [0.05, 0.1) is 0 Å². The van der Waals surface area contributed by atoms with Crippen molar-refractivity contribution in [3.05, 3.63) is 0 Å². The standard InChI is InChI=1S/C12H25N/c1-4-11(5-2)12(10-13-3)8-6-7-9-12/h11,13H,4-10H2,1-3H3. The highest BCUT2D eigenvalue weighted by Gasteiger charge is 2.38. The fraction of sp³-hybridized carbons (Fsp3) is 1.00. The van der Waals surface area contributed by atoms with Gasteiger partial charge in [0.2, 0.25) is 0 Å². The van der Waals surface area contributed by atoms with Crippen LogP contribution in [0.15, 0.2) is 0 Å². The van der Waals surface area contributed by atoms with E-state index in [4.69, 9.17) is 0 Å². The predicted molar refractivity (Wildman–Crippen MR) is 58.9 cm³/mol. The molecule has 1 aliphatic carbocycles. The van der Waals surface area contributed by atoms with Gasteiger partial charge in [0.15, 0.2) is 0 Å². The molecule has 0 aromatic heterocycles. The average Bonchev–Trinajstić information content (AvgIpc) is 2.57. The third kappa shape index (κ3) is 2.25. The first-order valence-electron chi connectivity index (χ1n) is 5.93. The molecule has 1 aliphatic rings. The molecule has 0 aliphatic heterocycles. The number of hydrogen-bond acceptors (Lipinski definition) is 1. The lowest BCUT2D eigenvalue weighted by Crippen LogP contribution is -2.36. The van der Waals surface area contributed by atoms with Crippen LogP contribution in [0.3, 0.4) is 0 Å². The van der Waals surface area contributed by atoms with Crippen molar-refractivity contribution < 1.29 is 0 Å².